The Hall–Kier alpha value is -4.37. The number of anilines is 1. The van der Waals surface area contributed by atoms with Gasteiger partial charge in [0.15, 0.2) is 6.61 Å². The van der Waals surface area contributed by atoms with Crippen molar-refractivity contribution in [2.24, 2.45) is 0 Å². The van der Waals surface area contributed by atoms with Crippen LogP contribution in [0, 0.1) is 0 Å². The highest BCUT2D eigenvalue weighted by atomic mass is 35.5. The van der Waals surface area contributed by atoms with Crippen molar-refractivity contribution in [2.45, 2.75) is 45.4 Å². The predicted octanol–water partition coefficient (Wildman–Crippen LogP) is 5.54. The fraction of sp³-hybridized carbons (Fsp3) is 0.267. The van der Waals surface area contributed by atoms with Crippen LogP contribution < -0.4 is 20.9 Å². The van der Waals surface area contributed by atoms with E-state index in [1.54, 1.807) is 42.5 Å². The molecule has 0 heterocycles. The van der Waals surface area contributed by atoms with Gasteiger partial charge in [0.25, 0.3) is 11.8 Å². The van der Waals surface area contributed by atoms with E-state index in [0.717, 1.165) is 5.75 Å². The van der Waals surface area contributed by atoms with Gasteiger partial charge in [0, 0.05) is 18.5 Å². The van der Waals surface area contributed by atoms with Gasteiger partial charge in [0.2, 0.25) is 5.91 Å². The molecule has 0 unspecified atom stereocenters. The second-order valence-electron chi connectivity index (χ2n) is 9.95. The number of nitrogens with one attached hydrogen (secondary N) is 3. The topological polar surface area (TPSA) is 123 Å². The monoisotopic (exact) mass is 565 g/mol. The van der Waals surface area contributed by atoms with Crippen molar-refractivity contribution in [1.29, 1.82) is 0 Å². The van der Waals surface area contributed by atoms with Crippen molar-refractivity contribution < 1.29 is 28.7 Å². The van der Waals surface area contributed by atoms with Gasteiger partial charge in [0.1, 0.15) is 11.5 Å². The smallest absolute Gasteiger partial charge is 0.306 e. The molecule has 40 heavy (non-hydrogen) atoms. The van der Waals surface area contributed by atoms with Gasteiger partial charge in [-0.15, -0.1) is 0 Å². The molecule has 3 amide bonds. The summed E-state index contributed by atoms with van der Waals surface area (Å²) in [5.41, 5.74) is 6.40. The zero-order valence-electron chi connectivity index (χ0n) is 22.6. The summed E-state index contributed by atoms with van der Waals surface area (Å²) in [5.74, 6) is -0.880. The molecule has 0 radical (unpaired) electrons. The Morgan fingerprint density at radius 2 is 1.40 bits per heavy atom. The number of benzene rings is 3. The van der Waals surface area contributed by atoms with Gasteiger partial charge in [-0.2, -0.15) is 0 Å². The maximum atomic E-state index is 12.2. The van der Waals surface area contributed by atoms with Gasteiger partial charge in [-0.25, -0.2) is 0 Å². The average Bonchev–Trinajstić information content (AvgIpc) is 2.91. The van der Waals surface area contributed by atoms with Crippen LogP contribution in [0.3, 0.4) is 0 Å². The first-order chi connectivity index (χ1) is 19.0. The minimum absolute atomic E-state index is 0.0482. The summed E-state index contributed by atoms with van der Waals surface area (Å²) in [7, 11) is 0. The van der Waals surface area contributed by atoms with Crippen LogP contribution in [0.5, 0.6) is 11.5 Å². The quantitative estimate of drug-likeness (QED) is 0.219. The average molecular weight is 566 g/mol. The van der Waals surface area contributed by atoms with Gasteiger partial charge in [-0.3, -0.25) is 30.0 Å². The van der Waals surface area contributed by atoms with Gasteiger partial charge in [-0.05, 0) is 65.9 Å². The van der Waals surface area contributed by atoms with Crippen molar-refractivity contribution in [3.05, 3.63) is 88.9 Å². The lowest BCUT2D eigenvalue weighted by atomic mass is 9.87. The van der Waals surface area contributed by atoms with Gasteiger partial charge in [-0.1, -0.05) is 56.6 Å². The zero-order valence-corrected chi connectivity index (χ0v) is 23.3. The third kappa shape index (κ3) is 9.74. The molecule has 0 atom stereocenters. The molecule has 0 aromatic heterocycles. The summed E-state index contributed by atoms with van der Waals surface area (Å²) >= 11 is 5.92. The fourth-order valence-electron chi connectivity index (χ4n) is 3.48. The van der Waals surface area contributed by atoms with E-state index in [1.165, 1.54) is 11.6 Å². The first-order valence-electron chi connectivity index (χ1n) is 12.7. The molecule has 210 valence electrons. The van der Waals surface area contributed by atoms with Crippen molar-refractivity contribution in [3.8, 4) is 11.5 Å². The molecular formula is C30H32ClN3O6. The lowest BCUT2D eigenvalue weighted by molar-refractivity contribution is -0.148. The number of hydrogen-bond acceptors (Lipinski definition) is 6. The molecule has 0 bridgehead atoms. The number of hydrogen-bond donors (Lipinski definition) is 3. The van der Waals surface area contributed by atoms with E-state index in [1.807, 2.05) is 24.3 Å². The summed E-state index contributed by atoms with van der Waals surface area (Å²) < 4.78 is 10.7. The summed E-state index contributed by atoms with van der Waals surface area (Å²) in [6, 6.07) is 21.2. The summed E-state index contributed by atoms with van der Waals surface area (Å²) in [4.78, 5) is 48.0. The number of halogens is 1. The number of amides is 3. The largest absolute Gasteiger partial charge is 0.457 e. The van der Waals surface area contributed by atoms with Crippen LogP contribution in [0.1, 0.15) is 56.0 Å². The standard InChI is InChI=1S/C30H32ClN3O6/c1-30(2,3)20-11-15-22(16-12-20)40-23-17-13-21(14-18-23)32-26(35)9-6-10-28(37)39-19-27(36)33-34-29(38)24-7-4-5-8-25(24)31/h4-5,7-8,11-18H,6,9-10,19H2,1-3H3,(H,32,35)(H,33,36)(H,34,38). The highest BCUT2D eigenvalue weighted by Crippen LogP contribution is 2.27. The number of ether oxygens (including phenoxy) is 2. The molecule has 9 nitrogen and oxygen atoms in total. The summed E-state index contributed by atoms with van der Waals surface area (Å²) in [6.45, 7) is 5.87. The summed E-state index contributed by atoms with van der Waals surface area (Å²) in [6.07, 6.45) is 0.280. The Labute approximate surface area is 238 Å². The van der Waals surface area contributed by atoms with Crippen molar-refractivity contribution in [2.75, 3.05) is 11.9 Å². The molecule has 0 spiro atoms. The normalized spacial score (nSPS) is 10.8. The fourth-order valence-corrected chi connectivity index (χ4v) is 3.70. The lowest BCUT2D eigenvalue weighted by Gasteiger charge is -2.19. The van der Waals surface area contributed by atoms with E-state index in [4.69, 9.17) is 21.1 Å². The molecule has 3 rings (SSSR count). The van der Waals surface area contributed by atoms with E-state index < -0.39 is 24.4 Å². The van der Waals surface area contributed by atoms with E-state index in [9.17, 15) is 19.2 Å². The second kappa shape index (κ2) is 14.1. The Morgan fingerprint density at radius 1 is 0.775 bits per heavy atom. The SMILES string of the molecule is CC(C)(C)c1ccc(Oc2ccc(NC(=O)CCCC(=O)OCC(=O)NNC(=O)c3ccccc3Cl)cc2)cc1. The Kier molecular flexibility index (Phi) is 10.7. The maximum absolute atomic E-state index is 12.2. The van der Waals surface area contributed by atoms with E-state index >= 15 is 0 Å². The van der Waals surface area contributed by atoms with Crippen molar-refractivity contribution in [3.63, 3.8) is 0 Å². The molecular weight excluding hydrogens is 534 g/mol. The first-order valence-corrected chi connectivity index (χ1v) is 13.1. The lowest BCUT2D eigenvalue weighted by Crippen LogP contribution is -2.43. The van der Waals surface area contributed by atoms with Crippen LogP contribution in [-0.4, -0.2) is 30.3 Å². The Bertz CT molecular complexity index is 1330. The molecule has 0 aliphatic rings. The van der Waals surface area contributed by atoms with Gasteiger partial charge in [0.05, 0.1) is 10.6 Å². The van der Waals surface area contributed by atoms with E-state index in [0.29, 0.717) is 11.4 Å². The number of carbonyl (C=O) groups excluding carboxylic acids is 4. The molecule has 3 aromatic carbocycles. The highest BCUT2D eigenvalue weighted by molar-refractivity contribution is 6.33. The van der Waals surface area contributed by atoms with Crippen LogP contribution >= 0.6 is 11.6 Å². The van der Waals surface area contributed by atoms with Crippen LogP contribution in [-0.2, 0) is 24.5 Å². The zero-order chi connectivity index (χ0) is 29.1. The molecule has 10 heteroatoms. The number of rotatable bonds is 10. The molecule has 3 N–H and O–H groups in total. The molecule has 0 fully saturated rings. The number of hydrazine groups is 1. The molecule has 0 saturated heterocycles. The van der Waals surface area contributed by atoms with Crippen molar-refractivity contribution >= 4 is 41.0 Å². The third-order valence-corrected chi connectivity index (χ3v) is 6.01. The van der Waals surface area contributed by atoms with E-state index in [-0.39, 0.29) is 41.2 Å². The van der Waals surface area contributed by atoms with Crippen molar-refractivity contribution in [1.82, 2.24) is 10.9 Å². The maximum Gasteiger partial charge on any atom is 0.306 e. The predicted molar refractivity (Wildman–Crippen MR) is 152 cm³/mol. The van der Waals surface area contributed by atoms with Crippen LogP contribution in [0.15, 0.2) is 72.8 Å². The number of esters is 1. The molecule has 0 saturated carbocycles. The van der Waals surface area contributed by atoms with E-state index in [2.05, 4.69) is 36.9 Å². The first kappa shape index (κ1) is 30.2. The summed E-state index contributed by atoms with van der Waals surface area (Å²) in [5, 5.41) is 3.00. The third-order valence-electron chi connectivity index (χ3n) is 5.68. The van der Waals surface area contributed by atoms with Crippen LogP contribution in [0.2, 0.25) is 5.02 Å². The number of carbonyl (C=O) groups is 4. The minimum Gasteiger partial charge on any atom is -0.457 e. The molecule has 0 aliphatic carbocycles. The van der Waals surface area contributed by atoms with Gasteiger partial charge >= 0.3 is 5.97 Å². The Morgan fingerprint density at radius 3 is 2.02 bits per heavy atom. The highest BCUT2D eigenvalue weighted by Gasteiger charge is 2.14. The van der Waals surface area contributed by atoms with Crippen LogP contribution in [0.4, 0.5) is 5.69 Å². The second-order valence-corrected chi connectivity index (χ2v) is 10.4. The minimum atomic E-state index is -0.721. The molecule has 0 aliphatic heterocycles. The van der Waals surface area contributed by atoms with Gasteiger partial charge < -0.3 is 14.8 Å². The molecule has 3 aromatic rings. The van der Waals surface area contributed by atoms with Crippen LogP contribution in [0.25, 0.3) is 0 Å². The Balaban J connectivity index is 1.31.